The largest absolute Gasteiger partial charge is 0.468 e. The van der Waals surface area contributed by atoms with Gasteiger partial charge < -0.3 is 9.47 Å². The van der Waals surface area contributed by atoms with Crippen molar-refractivity contribution in [3.8, 4) is 0 Å². The highest BCUT2D eigenvalue weighted by atomic mass is 35.5. The lowest BCUT2D eigenvalue weighted by Gasteiger charge is -2.38. The molecule has 2 aliphatic carbocycles. The summed E-state index contributed by atoms with van der Waals surface area (Å²) in [5.41, 5.74) is -3.92. The lowest BCUT2D eigenvalue weighted by atomic mass is 9.61. The Morgan fingerprint density at radius 2 is 1.33 bits per heavy atom. The molecule has 4 rings (SSSR count). The van der Waals surface area contributed by atoms with E-state index in [1.807, 2.05) is 0 Å². The van der Waals surface area contributed by atoms with E-state index in [4.69, 9.17) is 21.1 Å². The fraction of sp³-hybridized carbons (Fsp3) is 0.136. The second-order valence-electron chi connectivity index (χ2n) is 6.71. The quantitative estimate of drug-likeness (QED) is 0.414. The van der Waals surface area contributed by atoms with E-state index < -0.39 is 45.8 Å². The van der Waals surface area contributed by atoms with E-state index in [1.165, 1.54) is 36.4 Å². The monoisotopic (exact) mass is 424 g/mol. The Morgan fingerprint density at radius 3 is 1.90 bits per heavy atom. The molecule has 0 radical (unpaired) electrons. The zero-order valence-corrected chi connectivity index (χ0v) is 16.5. The van der Waals surface area contributed by atoms with Gasteiger partial charge in [0.15, 0.2) is 17.3 Å². The molecule has 8 heteroatoms. The number of allylic oxidation sites excluding steroid dienone is 1. The molecule has 2 aromatic rings. The number of ether oxygens (including phenoxy) is 2. The van der Waals surface area contributed by atoms with Gasteiger partial charge in [0.25, 0.3) is 0 Å². The summed E-state index contributed by atoms with van der Waals surface area (Å²) in [5.74, 6) is -4.69. The number of hydrogen-bond acceptors (Lipinski definition) is 7. The van der Waals surface area contributed by atoms with Gasteiger partial charge in [-0.2, -0.15) is 0 Å². The summed E-state index contributed by atoms with van der Waals surface area (Å²) in [4.78, 5) is 66.2. The fourth-order valence-electron chi connectivity index (χ4n) is 4.06. The molecular weight excluding hydrogens is 412 g/mol. The van der Waals surface area contributed by atoms with E-state index in [9.17, 15) is 24.0 Å². The molecule has 0 saturated heterocycles. The first-order valence-electron chi connectivity index (χ1n) is 8.75. The topological polar surface area (TPSA) is 104 Å². The van der Waals surface area contributed by atoms with E-state index in [1.54, 1.807) is 6.07 Å². The lowest BCUT2D eigenvalue weighted by Crippen LogP contribution is -2.54. The summed E-state index contributed by atoms with van der Waals surface area (Å²) >= 11 is 6.09. The number of fused-ring (bicyclic) bond motifs is 2. The van der Waals surface area contributed by atoms with Crippen LogP contribution in [-0.2, 0) is 24.5 Å². The number of rotatable bonds is 2. The second kappa shape index (κ2) is 6.74. The van der Waals surface area contributed by atoms with Gasteiger partial charge in [-0.3, -0.25) is 24.0 Å². The Labute approximate surface area is 175 Å². The van der Waals surface area contributed by atoms with E-state index >= 15 is 0 Å². The molecule has 2 aromatic carbocycles. The fourth-order valence-corrected chi connectivity index (χ4v) is 4.23. The average Bonchev–Trinajstić information content (AvgIpc) is 2.76. The van der Waals surface area contributed by atoms with Gasteiger partial charge in [-0.15, -0.1) is 0 Å². The predicted octanol–water partition coefficient (Wildman–Crippen LogP) is 2.50. The third-order valence-electron chi connectivity index (χ3n) is 5.34. The first-order valence-corrected chi connectivity index (χ1v) is 9.13. The molecule has 0 amide bonds. The van der Waals surface area contributed by atoms with Crippen LogP contribution in [0, 0.1) is 0 Å². The maximum atomic E-state index is 13.5. The first-order chi connectivity index (χ1) is 14.3. The zero-order chi connectivity index (χ0) is 21.8. The Hall–Kier alpha value is -3.58. The van der Waals surface area contributed by atoms with Crippen molar-refractivity contribution in [2.45, 2.75) is 5.41 Å². The Kier molecular flexibility index (Phi) is 4.43. The molecule has 0 atom stereocenters. The summed E-state index contributed by atoms with van der Waals surface area (Å²) in [6.45, 7) is 0. The number of Topliss-reactive ketones (excluding diaryl/α,β-unsaturated/α-hetero) is 3. The summed E-state index contributed by atoms with van der Waals surface area (Å²) in [6.07, 6.45) is 0. The number of carbonyl (C=O) groups excluding carboxylic acids is 5. The number of benzene rings is 2. The molecule has 0 fully saturated rings. The van der Waals surface area contributed by atoms with Crippen LogP contribution in [0.15, 0.2) is 53.6 Å². The van der Waals surface area contributed by atoms with Crippen molar-refractivity contribution in [1.82, 2.24) is 0 Å². The third-order valence-corrected chi connectivity index (χ3v) is 5.57. The molecule has 0 saturated carbocycles. The number of esters is 2. The van der Waals surface area contributed by atoms with Crippen LogP contribution in [0.25, 0.3) is 0 Å². The summed E-state index contributed by atoms with van der Waals surface area (Å²) in [6, 6.07) is 9.77. The SMILES string of the molecule is COC(=O)C1(C(=O)OC)C2=C(C(=O)c3ccccc3C2=O)C(=O)c2ccc(Cl)cc21. The van der Waals surface area contributed by atoms with Crippen molar-refractivity contribution in [2.75, 3.05) is 14.2 Å². The first kappa shape index (κ1) is 19.7. The third kappa shape index (κ3) is 2.29. The van der Waals surface area contributed by atoms with Gasteiger partial charge in [-0.05, 0) is 23.8 Å². The second-order valence-corrected chi connectivity index (χ2v) is 7.14. The smallest absolute Gasteiger partial charge is 0.332 e. The Morgan fingerprint density at radius 1 is 0.800 bits per heavy atom. The molecule has 7 nitrogen and oxygen atoms in total. The highest BCUT2D eigenvalue weighted by molar-refractivity contribution is 6.44. The molecular formula is C22H13ClO7. The number of methoxy groups -OCH3 is 2. The van der Waals surface area contributed by atoms with Crippen molar-refractivity contribution >= 4 is 40.9 Å². The molecule has 2 aliphatic rings. The summed E-state index contributed by atoms with van der Waals surface area (Å²) in [5, 5.41) is 0.109. The lowest BCUT2D eigenvalue weighted by molar-refractivity contribution is -0.159. The Bertz CT molecular complexity index is 1210. The van der Waals surface area contributed by atoms with Crippen molar-refractivity contribution in [1.29, 1.82) is 0 Å². The van der Waals surface area contributed by atoms with E-state index in [2.05, 4.69) is 0 Å². The maximum Gasteiger partial charge on any atom is 0.332 e. The minimum Gasteiger partial charge on any atom is -0.468 e. The number of carbonyl (C=O) groups is 5. The van der Waals surface area contributed by atoms with Crippen molar-refractivity contribution in [2.24, 2.45) is 0 Å². The normalized spacial score (nSPS) is 16.4. The number of ketones is 3. The number of hydrogen-bond donors (Lipinski definition) is 0. The molecule has 0 aromatic heterocycles. The molecule has 0 heterocycles. The molecule has 0 spiro atoms. The molecule has 0 unspecified atom stereocenters. The van der Waals surface area contributed by atoms with Crippen LogP contribution in [0.4, 0.5) is 0 Å². The van der Waals surface area contributed by atoms with Gasteiger partial charge in [-0.1, -0.05) is 35.9 Å². The predicted molar refractivity (Wildman–Crippen MR) is 104 cm³/mol. The maximum absolute atomic E-state index is 13.5. The molecule has 0 aliphatic heterocycles. The van der Waals surface area contributed by atoms with Gasteiger partial charge in [0.05, 0.1) is 19.8 Å². The van der Waals surface area contributed by atoms with E-state index in [0.29, 0.717) is 0 Å². The highest BCUT2D eigenvalue weighted by Crippen LogP contribution is 2.48. The molecule has 0 N–H and O–H groups in total. The van der Waals surface area contributed by atoms with Gasteiger partial charge in [0, 0.05) is 27.3 Å². The van der Waals surface area contributed by atoms with Gasteiger partial charge >= 0.3 is 11.9 Å². The van der Waals surface area contributed by atoms with Gasteiger partial charge in [-0.25, -0.2) is 0 Å². The van der Waals surface area contributed by atoms with Crippen molar-refractivity contribution in [3.63, 3.8) is 0 Å². The minimum atomic E-state index is -2.48. The van der Waals surface area contributed by atoms with Crippen molar-refractivity contribution in [3.05, 3.63) is 80.9 Å². The molecule has 150 valence electrons. The van der Waals surface area contributed by atoms with Crippen LogP contribution < -0.4 is 0 Å². The molecule has 30 heavy (non-hydrogen) atoms. The van der Waals surface area contributed by atoms with Gasteiger partial charge in [0.2, 0.25) is 5.41 Å². The van der Waals surface area contributed by atoms with E-state index in [0.717, 1.165) is 14.2 Å². The molecule has 0 bridgehead atoms. The zero-order valence-electron chi connectivity index (χ0n) is 15.8. The van der Waals surface area contributed by atoms with Crippen LogP contribution in [0.5, 0.6) is 0 Å². The van der Waals surface area contributed by atoms with Crippen LogP contribution >= 0.6 is 11.6 Å². The standard InChI is InChI=1S/C22H13ClO7/c1-29-20(27)22(21(28)30-2)14-9-10(23)7-8-13(14)18(25)15-16(22)19(26)12-6-4-3-5-11(12)17(15)24/h3-9H,1-2H3. The van der Waals surface area contributed by atoms with E-state index in [-0.39, 0.29) is 27.3 Å². The summed E-state index contributed by atoms with van der Waals surface area (Å²) in [7, 11) is 2.05. The van der Waals surface area contributed by atoms with Crippen LogP contribution in [0.2, 0.25) is 5.02 Å². The highest BCUT2D eigenvalue weighted by Gasteiger charge is 2.62. The van der Waals surface area contributed by atoms with Crippen molar-refractivity contribution < 1.29 is 33.4 Å². The minimum absolute atomic E-state index is 0.00986. The number of halogens is 1. The van der Waals surface area contributed by atoms with Crippen LogP contribution in [0.1, 0.15) is 36.6 Å². The summed E-state index contributed by atoms with van der Waals surface area (Å²) < 4.78 is 9.75. The van der Waals surface area contributed by atoms with Gasteiger partial charge in [0.1, 0.15) is 0 Å². The Balaban J connectivity index is 2.21. The van der Waals surface area contributed by atoms with Crippen LogP contribution in [0.3, 0.4) is 0 Å². The average molecular weight is 425 g/mol. The van der Waals surface area contributed by atoms with Crippen LogP contribution in [-0.4, -0.2) is 43.5 Å².